The zero-order valence-corrected chi connectivity index (χ0v) is 10.6. The number of halogens is 1. The standard InChI is InChI=1S/C13H17FN2O3/c14-11-7-10(3-4-12(11)16(17)18)8-19-9-13(15)5-1-2-6-13/h3-4,7H,1-2,5-6,8-9,15H2. The maximum absolute atomic E-state index is 13.4. The van der Waals surface area contributed by atoms with E-state index in [0.717, 1.165) is 37.8 Å². The van der Waals surface area contributed by atoms with E-state index >= 15 is 0 Å². The van der Waals surface area contributed by atoms with Gasteiger partial charge >= 0.3 is 5.69 Å². The summed E-state index contributed by atoms with van der Waals surface area (Å²) in [5.41, 5.74) is 5.92. The maximum Gasteiger partial charge on any atom is 0.304 e. The number of ether oxygens (including phenoxy) is 1. The van der Waals surface area contributed by atoms with Crippen LogP contribution in [0.5, 0.6) is 0 Å². The van der Waals surface area contributed by atoms with Crippen molar-refractivity contribution in [3.05, 3.63) is 39.7 Å². The molecule has 1 aromatic rings. The van der Waals surface area contributed by atoms with Gasteiger partial charge in [0.2, 0.25) is 5.82 Å². The molecule has 6 heteroatoms. The molecule has 1 fully saturated rings. The van der Waals surface area contributed by atoms with Crippen molar-refractivity contribution in [2.45, 2.75) is 37.8 Å². The van der Waals surface area contributed by atoms with Gasteiger partial charge in [0.1, 0.15) is 0 Å². The highest BCUT2D eigenvalue weighted by atomic mass is 19.1. The van der Waals surface area contributed by atoms with E-state index in [4.69, 9.17) is 10.5 Å². The van der Waals surface area contributed by atoms with Gasteiger partial charge < -0.3 is 10.5 Å². The van der Waals surface area contributed by atoms with Crippen LogP contribution in [-0.2, 0) is 11.3 Å². The number of hydrogen-bond acceptors (Lipinski definition) is 4. The molecule has 0 bridgehead atoms. The van der Waals surface area contributed by atoms with Crippen LogP contribution in [0.1, 0.15) is 31.2 Å². The number of hydrogen-bond donors (Lipinski definition) is 1. The third kappa shape index (κ3) is 3.48. The van der Waals surface area contributed by atoms with Gasteiger partial charge in [-0.2, -0.15) is 4.39 Å². The van der Waals surface area contributed by atoms with E-state index in [2.05, 4.69) is 0 Å². The van der Waals surface area contributed by atoms with Crippen LogP contribution in [0.4, 0.5) is 10.1 Å². The molecular weight excluding hydrogens is 251 g/mol. The van der Waals surface area contributed by atoms with Gasteiger partial charge in [-0.3, -0.25) is 10.1 Å². The van der Waals surface area contributed by atoms with Crippen LogP contribution in [-0.4, -0.2) is 17.1 Å². The summed E-state index contributed by atoms with van der Waals surface area (Å²) in [6.45, 7) is 0.652. The molecule has 0 aromatic heterocycles. The molecular formula is C13H17FN2O3. The van der Waals surface area contributed by atoms with E-state index < -0.39 is 16.4 Å². The Hall–Kier alpha value is -1.53. The molecule has 1 aliphatic rings. The van der Waals surface area contributed by atoms with Crippen molar-refractivity contribution in [2.75, 3.05) is 6.61 Å². The smallest absolute Gasteiger partial charge is 0.304 e. The first-order valence-electron chi connectivity index (χ1n) is 6.30. The molecule has 0 saturated heterocycles. The topological polar surface area (TPSA) is 78.4 Å². The van der Waals surface area contributed by atoms with E-state index in [1.807, 2.05) is 0 Å². The summed E-state index contributed by atoms with van der Waals surface area (Å²) in [5, 5.41) is 10.5. The summed E-state index contributed by atoms with van der Waals surface area (Å²) >= 11 is 0. The lowest BCUT2D eigenvalue weighted by atomic mass is 10.0. The highest BCUT2D eigenvalue weighted by molar-refractivity contribution is 5.34. The summed E-state index contributed by atoms with van der Waals surface area (Å²) in [5.74, 6) is -0.838. The van der Waals surface area contributed by atoms with Gasteiger partial charge in [-0.15, -0.1) is 0 Å². The maximum atomic E-state index is 13.4. The van der Waals surface area contributed by atoms with Gasteiger partial charge in [0, 0.05) is 11.6 Å². The molecule has 0 atom stereocenters. The van der Waals surface area contributed by atoms with Gasteiger partial charge in [0.25, 0.3) is 0 Å². The molecule has 0 aliphatic heterocycles. The lowest BCUT2D eigenvalue weighted by Gasteiger charge is -2.23. The van der Waals surface area contributed by atoms with Crippen molar-refractivity contribution in [3.63, 3.8) is 0 Å². The largest absolute Gasteiger partial charge is 0.375 e. The number of nitro groups is 1. The predicted octanol–water partition coefficient (Wildman–Crippen LogP) is 2.52. The Bertz CT molecular complexity index is 473. The molecule has 0 unspecified atom stereocenters. The van der Waals surface area contributed by atoms with Crippen molar-refractivity contribution in [3.8, 4) is 0 Å². The van der Waals surface area contributed by atoms with Crippen LogP contribution in [0, 0.1) is 15.9 Å². The second-order valence-electron chi connectivity index (χ2n) is 5.11. The van der Waals surface area contributed by atoms with Crippen molar-refractivity contribution in [1.82, 2.24) is 0 Å². The van der Waals surface area contributed by atoms with Crippen molar-refractivity contribution >= 4 is 5.69 Å². The predicted molar refractivity (Wildman–Crippen MR) is 68.1 cm³/mol. The molecule has 19 heavy (non-hydrogen) atoms. The number of nitrogens with two attached hydrogens (primary N) is 1. The Labute approximate surface area is 110 Å². The zero-order chi connectivity index (χ0) is 13.9. The minimum Gasteiger partial charge on any atom is -0.375 e. The van der Waals surface area contributed by atoms with E-state index in [1.54, 1.807) is 0 Å². The third-order valence-electron chi connectivity index (χ3n) is 3.47. The number of benzene rings is 1. The zero-order valence-electron chi connectivity index (χ0n) is 10.6. The molecule has 1 aliphatic carbocycles. The van der Waals surface area contributed by atoms with Gasteiger partial charge in [-0.25, -0.2) is 0 Å². The fourth-order valence-electron chi connectivity index (χ4n) is 2.38. The molecule has 1 aromatic carbocycles. The molecule has 104 valence electrons. The summed E-state index contributed by atoms with van der Waals surface area (Å²) in [4.78, 5) is 9.74. The molecule has 0 spiro atoms. The quantitative estimate of drug-likeness (QED) is 0.657. The molecule has 0 radical (unpaired) electrons. The van der Waals surface area contributed by atoms with Crippen LogP contribution in [0.3, 0.4) is 0 Å². The Balaban J connectivity index is 1.89. The highest BCUT2D eigenvalue weighted by Gasteiger charge is 2.29. The first kappa shape index (κ1) is 13.9. The second-order valence-corrected chi connectivity index (χ2v) is 5.11. The summed E-state index contributed by atoms with van der Waals surface area (Å²) < 4.78 is 18.9. The third-order valence-corrected chi connectivity index (χ3v) is 3.47. The Morgan fingerprint density at radius 2 is 2.11 bits per heavy atom. The lowest BCUT2D eigenvalue weighted by molar-refractivity contribution is -0.387. The van der Waals surface area contributed by atoms with Crippen molar-refractivity contribution < 1.29 is 14.1 Å². The minimum atomic E-state index is -0.838. The van der Waals surface area contributed by atoms with E-state index in [0.29, 0.717) is 12.2 Å². The first-order chi connectivity index (χ1) is 9.00. The normalized spacial score (nSPS) is 17.6. The molecule has 5 nitrogen and oxygen atoms in total. The molecule has 0 amide bonds. The molecule has 2 rings (SSSR count). The van der Waals surface area contributed by atoms with E-state index in [9.17, 15) is 14.5 Å². The van der Waals surface area contributed by atoms with Gasteiger partial charge in [0.05, 0.1) is 18.1 Å². The average Bonchev–Trinajstić information content (AvgIpc) is 2.76. The van der Waals surface area contributed by atoms with Crippen LogP contribution in [0.2, 0.25) is 0 Å². The first-order valence-corrected chi connectivity index (χ1v) is 6.30. The number of nitro benzene ring substituents is 1. The summed E-state index contributed by atoms with van der Waals surface area (Å²) in [7, 11) is 0. The number of rotatable bonds is 5. The van der Waals surface area contributed by atoms with Crippen LogP contribution in [0.25, 0.3) is 0 Å². The van der Waals surface area contributed by atoms with E-state index in [1.165, 1.54) is 6.07 Å². The van der Waals surface area contributed by atoms with Crippen LogP contribution < -0.4 is 5.73 Å². The lowest BCUT2D eigenvalue weighted by Crippen LogP contribution is -2.41. The summed E-state index contributed by atoms with van der Waals surface area (Å²) in [6.07, 6.45) is 4.13. The SMILES string of the molecule is NC1(COCc2ccc([N+](=O)[O-])c(F)c2)CCCC1. The minimum absolute atomic E-state index is 0.216. The molecule has 0 heterocycles. The molecule has 1 saturated carbocycles. The number of nitrogens with zero attached hydrogens (tertiary/aromatic N) is 1. The highest BCUT2D eigenvalue weighted by Crippen LogP contribution is 2.27. The second kappa shape index (κ2) is 5.63. The monoisotopic (exact) mass is 268 g/mol. The van der Waals surface area contributed by atoms with Crippen molar-refractivity contribution in [1.29, 1.82) is 0 Å². The van der Waals surface area contributed by atoms with Crippen LogP contribution in [0.15, 0.2) is 18.2 Å². The fraction of sp³-hybridized carbons (Fsp3) is 0.538. The molecule has 2 N–H and O–H groups in total. The Morgan fingerprint density at radius 1 is 1.42 bits per heavy atom. The Kier molecular flexibility index (Phi) is 4.11. The fourth-order valence-corrected chi connectivity index (χ4v) is 2.38. The van der Waals surface area contributed by atoms with Gasteiger partial charge in [0.15, 0.2) is 0 Å². The Morgan fingerprint density at radius 3 is 2.68 bits per heavy atom. The average molecular weight is 268 g/mol. The van der Waals surface area contributed by atoms with E-state index in [-0.39, 0.29) is 12.1 Å². The van der Waals surface area contributed by atoms with Gasteiger partial charge in [-0.05, 0) is 30.5 Å². The van der Waals surface area contributed by atoms with Crippen LogP contribution >= 0.6 is 0 Å². The van der Waals surface area contributed by atoms with Crippen molar-refractivity contribution in [2.24, 2.45) is 5.73 Å². The summed E-state index contributed by atoms with van der Waals surface area (Å²) in [6, 6.07) is 3.79. The van der Waals surface area contributed by atoms with Gasteiger partial charge in [-0.1, -0.05) is 12.8 Å².